The van der Waals surface area contributed by atoms with Crippen LogP contribution in [0.2, 0.25) is 0 Å². The van der Waals surface area contributed by atoms with Gasteiger partial charge in [0.2, 0.25) is 5.91 Å². The van der Waals surface area contributed by atoms with Crippen LogP contribution in [0.4, 0.5) is 4.79 Å². The summed E-state index contributed by atoms with van der Waals surface area (Å²) in [7, 11) is 0. The van der Waals surface area contributed by atoms with Crippen LogP contribution in [0, 0.1) is 0 Å². The van der Waals surface area contributed by atoms with Crippen LogP contribution in [0.1, 0.15) is 47.0 Å². The van der Waals surface area contributed by atoms with Crippen LogP contribution in [0.25, 0.3) is 0 Å². The zero-order chi connectivity index (χ0) is 19.2. The Morgan fingerprint density at radius 2 is 1.81 bits per heavy atom. The fraction of sp³-hybridized carbons (Fsp3) is 0.833. The molecule has 148 valence electrons. The smallest absolute Gasteiger partial charge is 0.410 e. The number of likely N-dealkylation sites (tertiary alicyclic amines) is 2. The van der Waals surface area contributed by atoms with Crippen LogP contribution < -0.4 is 10.6 Å². The lowest BCUT2D eigenvalue weighted by Crippen LogP contribution is -2.63. The van der Waals surface area contributed by atoms with Gasteiger partial charge in [-0.2, -0.15) is 0 Å². The van der Waals surface area contributed by atoms with Crippen LogP contribution in [0.5, 0.6) is 0 Å². The molecule has 2 N–H and O–H groups in total. The number of ether oxygens (including phenoxy) is 1. The molecule has 0 atom stereocenters. The van der Waals surface area contributed by atoms with Crippen molar-refractivity contribution in [1.29, 1.82) is 0 Å². The first kappa shape index (κ1) is 20.3. The van der Waals surface area contributed by atoms with Gasteiger partial charge in [-0.1, -0.05) is 0 Å². The molecule has 8 nitrogen and oxygen atoms in total. The van der Waals surface area contributed by atoms with Gasteiger partial charge in [-0.3, -0.25) is 9.79 Å². The summed E-state index contributed by atoms with van der Waals surface area (Å²) in [5, 5.41) is 6.50. The molecule has 0 radical (unpaired) electrons. The van der Waals surface area contributed by atoms with Crippen LogP contribution in [0.3, 0.4) is 0 Å². The number of hydrogen-bond donors (Lipinski definition) is 2. The van der Waals surface area contributed by atoms with E-state index in [-0.39, 0.29) is 18.0 Å². The lowest BCUT2D eigenvalue weighted by Gasteiger charge is -2.40. The molecule has 0 bridgehead atoms. The third-order valence-electron chi connectivity index (χ3n) is 4.27. The maximum Gasteiger partial charge on any atom is 0.410 e. The molecule has 2 rings (SSSR count). The number of amides is 2. The number of hydrogen-bond acceptors (Lipinski definition) is 4. The zero-order valence-electron chi connectivity index (χ0n) is 16.5. The Kier molecular flexibility index (Phi) is 7.11. The monoisotopic (exact) mass is 367 g/mol. The molecule has 0 spiro atoms. The maximum atomic E-state index is 12.1. The zero-order valence-corrected chi connectivity index (χ0v) is 16.5. The third-order valence-corrected chi connectivity index (χ3v) is 4.27. The SMILES string of the molecule is CCNC(=NCCC(=O)N1CCCC1)NC1CN(C(=O)OC(C)(C)C)C1. The largest absolute Gasteiger partial charge is 0.444 e. The standard InChI is InChI=1S/C18H33N5O3/c1-5-19-16(20-9-8-15(24)22-10-6-7-11-22)21-14-12-23(13-14)17(25)26-18(2,3)4/h14H,5-13H2,1-4H3,(H2,19,20,21). The second kappa shape index (κ2) is 9.09. The van der Waals surface area contributed by atoms with E-state index in [2.05, 4.69) is 15.6 Å². The molecule has 2 fully saturated rings. The van der Waals surface area contributed by atoms with Gasteiger partial charge in [0.15, 0.2) is 5.96 Å². The number of guanidine groups is 1. The van der Waals surface area contributed by atoms with Crippen LogP contribution in [0.15, 0.2) is 4.99 Å². The average molecular weight is 367 g/mol. The van der Waals surface area contributed by atoms with Gasteiger partial charge >= 0.3 is 6.09 Å². The van der Waals surface area contributed by atoms with Gasteiger partial charge in [0, 0.05) is 39.1 Å². The van der Waals surface area contributed by atoms with Gasteiger partial charge in [-0.15, -0.1) is 0 Å². The first-order chi connectivity index (χ1) is 12.3. The first-order valence-corrected chi connectivity index (χ1v) is 9.59. The summed E-state index contributed by atoms with van der Waals surface area (Å²) in [5.41, 5.74) is -0.478. The number of carbonyl (C=O) groups excluding carboxylic acids is 2. The molecule has 0 unspecified atom stereocenters. The Bertz CT molecular complexity index is 517. The average Bonchev–Trinajstić information content (AvgIpc) is 3.02. The fourth-order valence-electron chi connectivity index (χ4n) is 2.95. The van der Waals surface area contributed by atoms with Crippen molar-refractivity contribution in [3.8, 4) is 0 Å². The number of carbonyl (C=O) groups is 2. The predicted octanol–water partition coefficient (Wildman–Crippen LogP) is 1.17. The van der Waals surface area contributed by atoms with E-state index in [1.807, 2.05) is 32.6 Å². The maximum absolute atomic E-state index is 12.1. The minimum atomic E-state index is -0.478. The van der Waals surface area contributed by atoms with E-state index >= 15 is 0 Å². The van der Waals surface area contributed by atoms with Crippen molar-refractivity contribution in [1.82, 2.24) is 20.4 Å². The van der Waals surface area contributed by atoms with Crippen LogP contribution >= 0.6 is 0 Å². The van der Waals surface area contributed by atoms with Gasteiger partial charge in [-0.05, 0) is 40.5 Å². The molecule has 0 saturated carbocycles. The topological polar surface area (TPSA) is 86.3 Å². The summed E-state index contributed by atoms with van der Waals surface area (Å²) in [5.74, 6) is 0.873. The molecule has 0 aromatic heterocycles. The van der Waals surface area contributed by atoms with E-state index in [1.54, 1.807) is 4.90 Å². The summed E-state index contributed by atoms with van der Waals surface area (Å²) in [6.45, 7) is 11.7. The van der Waals surface area contributed by atoms with Crippen molar-refractivity contribution in [2.75, 3.05) is 39.3 Å². The summed E-state index contributed by atoms with van der Waals surface area (Å²) < 4.78 is 5.35. The molecular weight excluding hydrogens is 334 g/mol. The molecular formula is C18H33N5O3. The molecule has 2 aliphatic heterocycles. The summed E-state index contributed by atoms with van der Waals surface area (Å²) >= 11 is 0. The highest BCUT2D eigenvalue weighted by Crippen LogP contribution is 2.15. The van der Waals surface area contributed by atoms with Crippen molar-refractivity contribution in [2.24, 2.45) is 4.99 Å². The third kappa shape index (κ3) is 6.38. The summed E-state index contributed by atoms with van der Waals surface area (Å²) in [6.07, 6.45) is 2.36. The predicted molar refractivity (Wildman–Crippen MR) is 101 cm³/mol. The molecule has 2 amide bonds. The van der Waals surface area contributed by atoms with E-state index in [0.717, 1.165) is 32.5 Å². The molecule has 2 saturated heterocycles. The van der Waals surface area contributed by atoms with Crippen molar-refractivity contribution in [2.45, 2.75) is 58.6 Å². The quantitative estimate of drug-likeness (QED) is 0.563. The van der Waals surface area contributed by atoms with Gasteiger partial charge in [-0.25, -0.2) is 4.79 Å². The van der Waals surface area contributed by atoms with Crippen molar-refractivity contribution in [3.63, 3.8) is 0 Å². The Hall–Kier alpha value is -1.99. The van der Waals surface area contributed by atoms with Crippen molar-refractivity contribution in [3.05, 3.63) is 0 Å². The number of nitrogens with zero attached hydrogens (tertiary/aromatic N) is 3. The fourth-order valence-corrected chi connectivity index (χ4v) is 2.95. The molecule has 0 aromatic carbocycles. The second-order valence-corrected chi connectivity index (χ2v) is 7.83. The van der Waals surface area contributed by atoms with E-state index in [4.69, 9.17) is 4.74 Å². The van der Waals surface area contributed by atoms with Gasteiger partial charge in [0.05, 0.1) is 12.6 Å². The van der Waals surface area contributed by atoms with Crippen LogP contribution in [-0.2, 0) is 9.53 Å². The first-order valence-electron chi connectivity index (χ1n) is 9.59. The number of aliphatic imine (C=N–C) groups is 1. The Balaban J connectivity index is 1.72. The summed E-state index contributed by atoms with van der Waals surface area (Å²) in [6, 6.07) is 0.148. The molecule has 0 aromatic rings. The molecule has 0 aliphatic carbocycles. The highest BCUT2D eigenvalue weighted by atomic mass is 16.6. The molecule has 2 aliphatic rings. The normalized spacial score (nSPS) is 18.5. The van der Waals surface area contributed by atoms with Gasteiger partial charge < -0.3 is 25.2 Å². The Morgan fingerprint density at radius 1 is 1.15 bits per heavy atom. The van der Waals surface area contributed by atoms with E-state index in [0.29, 0.717) is 32.0 Å². The van der Waals surface area contributed by atoms with Crippen molar-refractivity contribution < 1.29 is 14.3 Å². The van der Waals surface area contributed by atoms with E-state index < -0.39 is 5.60 Å². The number of nitrogens with one attached hydrogen (secondary N) is 2. The summed E-state index contributed by atoms with van der Waals surface area (Å²) in [4.78, 5) is 32.1. The lowest BCUT2D eigenvalue weighted by atomic mass is 10.1. The second-order valence-electron chi connectivity index (χ2n) is 7.83. The van der Waals surface area contributed by atoms with E-state index in [9.17, 15) is 9.59 Å². The number of rotatable bonds is 5. The van der Waals surface area contributed by atoms with E-state index in [1.165, 1.54) is 0 Å². The highest BCUT2D eigenvalue weighted by molar-refractivity contribution is 5.81. The lowest BCUT2D eigenvalue weighted by molar-refractivity contribution is -0.129. The molecule has 26 heavy (non-hydrogen) atoms. The van der Waals surface area contributed by atoms with Gasteiger partial charge in [0.25, 0.3) is 0 Å². The Morgan fingerprint density at radius 3 is 2.38 bits per heavy atom. The van der Waals surface area contributed by atoms with Crippen LogP contribution in [-0.4, -0.2) is 78.7 Å². The molecule has 8 heteroatoms. The minimum Gasteiger partial charge on any atom is -0.444 e. The van der Waals surface area contributed by atoms with Crippen molar-refractivity contribution >= 4 is 18.0 Å². The minimum absolute atomic E-state index is 0.148. The highest BCUT2D eigenvalue weighted by Gasteiger charge is 2.34. The Labute approximate surface area is 156 Å². The molecule has 2 heterocycles. The van der Waals surface area contributed by atoms with Gasteiger partial charge in [0.1, 0.15) is 5.60 Å².